The fourth-order valence-corrected chi connectivity index (χ4v) is 3.52. The van der Waals surface area contributed by atoms with Crippen LogP contribution in [0.4, 0.5) is 5.13 Å². The summed E-state index contributed by atoms with van der Waals surface area (Å²) in [7, 11) is 0. The zero-order chi connectivity index (χ0) is 9.59. The van der Waals surface area contributed by atoms with E-state index in [0.29, 0.717) is 5.13 Å². The molecule has 0 atom stereocenters. The zero-order valence-corrected chi connectivity index (χ0v) is 10.8. The third-order valence-electron chi connectivity index (χ3n) is 1.82. The quantitative estimate of drug-likeness (QED) is 0.803. The van der Waals surface area contributed by atoms with Crippen LogP contribution in [-0.4, -0.2) is 4.98 Å². The van der Waals surface area contributed by atoms with Gasteiger partial charge in [-0.05, 0) is 34.5 Å². The maximum atomic E-state index is 5.65. The summed E-state index contributed by atoms with van der Waals surface area (Å²) in [4.78, 5) is 4.24. The van der Waals surface area contributed by atoms with Crippen LogP contribution in [0.1, 0.15) is 5.56 Å². The highest BCUT2D eigenvalue weighted by Gasteiger charge is 2.10. The topological polar surface area (TPSA) is 38.9 Å². The van der Waals surface area contributed by atoms with Crippen molar-refractivity contribution in [2.24, 2.45) is 0 Å². The number of thiazole rings is 1. The van der Waals surface area contributed by atoms with Crippen molar-refractivity contribution >= 4 is 58.5 Å². The van der Waals surface area contributed by atoms with Crippen molar-refractivity contribution in [3.05, 3.63) is 20.6 Å². The number of aryl methyl sites for hydroxylation is 1. The smallest absolute Gasteiger partial charge is 0.181 e. The minimum Gasteiger partial charge on any atom is -0.375 e. The summed E-state index contributed by atoms with van der Waals surface area (Å²) >= 11 is 8.45. The van der Waals surface area contributed by atoms with E-state index >= 15 is 0 Å². The van der Waals surface area contributed by atoms with Gasteiger partial charge in [0.15, 0.2) is 5.13 Å². The van der Waals surface area contributed by atoms with Crippen molar-refractivity contribution in [2.75, 3.05) is 5.73 Å². The zero-order valence-electron chi connectivity index (χ0n) is 6.77. The lowest BCUT2D eigenvalue weighted by Gasteiger charge is -1.99. The van der Waals surface area contributed by atoms with Crippen LogP contribution < -0.4 is 5.73 Å². The average molecular weight is 322 g/mol. The highest BCUT2D eigenvalue weighted by atomic mass is 79.9. The van der Waals surface area contributed by atoms with Crippen LogP contribution in [0.15, 0.2) is 15.0 Å². The lowest BCUT2D eigenvalue weighted by Crippen LogP contribution is -1.81. The van der Waals surface area contributed by atoms with E-state index in [1.54, 1.807) is 0 Å². The number of fused-ring (bicyclic) bond motifs is 1. The summed E-state index contributed by atoms with van der Waals surface area (Å²) in [5.41, 5.74) is 7.78. The maximum Gasteiger partial charge on any atom is 0.181 e. The van der Waals surface area contributed by atoms with Gasteiger partial charge >= 0.3 is 0 Å². The van der Waals surface area contributed by atoms with Gasteiger partial charge in [-0.1, -0.05) is 27.3 Å². The van der Waals surface area contributed by atoms with E-state index in [-0.39, 0.29) is 0 Å². The van der Waals surface area contributed by atoms with Crippen LogP contribution in [0, 0.1) is 6.92 Å². The van der Waals surface area contributed by atoms with Gasteiger partial charge in [0.1, 0.15) is 0 Å². The van der Waals surface area contributed by atoms with Crippen LogP contribution in [0.25, 0.3) is 10.2 Å². The Morgan fingerprint density at radius 2 is 2.08 bits per heavy atom. The third-order valence-corrected chi connectivity index (χ3v) is 4.25. The first-order chi connectivity index (χ1) is 6.09. The number of halogens is 2. The Hall–Kier alpha value is -0.130. The molecule has 1 heterocycles. The molecule has 0 aliphatic heterocycles. The Morgan fingerprint density at radius 3 is 2.77 bits per heavy atom. The van der Waals surface area contributed by atoms with Gasteiger partial charge in [-0.15, -0.1) is 0 Å². The second-order valence-corrected chi connectivity index (χ2v) is 5.43. The summed E-state index contributed by atoms with van der Waals surface area (Å²) in [5.74, 6) is 0. The largest absolute Gasteiger partial charge is 0.375 e. The third kappa shape index (κ3) is 1.49. The van der Waals surface area contributed by atoms with Crippen molar-refractivity contribution in [3.8, 4) is 0 Å². The van der Waals surface area contributed by atoms with Crippen LogP contribution in [0.5, 0.6) is 0 Å². The van der Waals surface area contributed by atoms with Gasteiger partial charge in [-0.25, -0.2) is 4.98 Å². The maximum absolute atomic E-state index is 5.65. The molecular formula is C8H6Br2N2S. The normalized spacial score (nSPS) is 11.0. The molecule has 68 valence electrons. The van der Waals surface area contributed by atoms with Crippen molar-refractivity contribution in [1.82, 2.24) is 4.98 Å². The molecule has 2 nitrogen and oxygen atoms in total. The SMILES string of the molecule is Cc1c(Br)cc(Br)c2nc(N)sc12. The summed E-state index contributed by atoms with van der Waals surface area (Å²) in [6.07, 6.45) is 0. The van der Waals surface area contributed by atoms with Crippen molar-refractivity contribution < 1.29 is 0 Å². The van der Waals surface area contributed by atoms with Gasteiger partial charge in [-0.2, -0.15) is 0 Å². The van der Waals surface area contributed by atoms with E-state index in [1.807, 2.05) is 6.07 Å². The molecule has 0 saturated carbocycles. The molecule has 2 aromatic rings. The fraction of sp³-hybridized carbons (Fsp3) is 0.125. The second-order valence-electron chi connectivity index (χ2n) is 2.70. The number of anilines is 1. The molecule has 0 amide bonds. The number of aromatic nitrogens is 1. The molecule has 0 bridgehead atoms. The van der Waals surface area contributed by atoms with Crippen LogP contribution in [0.3, 0.4) is 0 Å². The molecule has 0 fully saturated rings. The molecule has 1 aromatic carbocycles. The number of nitrogens with zero attached hydrogens (tertiary/aromatic N) is 1. The number of nitrogen functional groups attached to an aromatic ring is 1. The summed E-state index contributed by atoms with van der Waals surface area (Å²) in [6.45, 7) is 2.05. The lowest BCUT2D eigenvalue weighted by molar-refractivity contribution is 1.44. The first-order valence-electron chi connectivity index (χ1n) is 3.60. The Labute approximate surface area is 96.4 Å². The molecule has 0 radical (unpaired) electrons. The first-order valence-corrected chi connectivity index (χ1v) is 6.00. The van der Waals surface area contributed by atoms with Gasteiger partial charge in [0.2, 0.25) is 0 Å². The van der Waals surface area contributed by atoms with E-state index in [1.165, 1.54) is 16.9 Å². The number of nitrogens with two attached hydrogens (primary N) is 1. The monoisotopic (exact) mass is 320 g/mol. The molecule has 2 rings (SSSR count). The van der Waals surface area contributed by atoms with Gasteiger partial charge in [-0.3, -0.25) is 0 Å². The van der Waals surface area contributed by atoms with E-state index in [9.17, 15) is 0 Å². The summed E-state index contributed by atoms with van der Waals surface area (Å²) in [5, 5.41) is 0.608. The van der Waals surface area contributed by atoms with E-state index in [4.69, 9.17) is 5.73 Å². The van der Waals surface area contributed by atoms with Gasteiger partial charge in [0.25, 0.3) is 0 Å². The minimum absolute atomic E-state index is 0.608. The predicted octanol–water partition coefficient (Wildman–Crippen LogP) is 3.71. The molecule has 13 heavy (non-hydrogen) atoms. The first kappa shape index (κ1) is 9.43. The number of rotatable bonds is 0. The van der Waals surface area contributed by atoms with Crippen molar-refractivity contribution in [3.63, 3.8) is 0 Å². The number of hydrogen-bond acceptors (Lipinski definition) is 3. The molecule has 0 unspecified atom stereocenters. The van der Waals surface area contributed by atoms with E-state index in [2.05, 4.69) is 43.8 Å². The van der Waals surface area contributed by atoms with Crippen molar-refractivity contribution in [1.29, 1.82) is 0 Å². The molecule has 0 saturated heterocycles. The molecule has 1 aromatic heterocycles. The second kappa shape index (κ2) is 3.22. The molecule has 2 N–H and O–H groups in total. The number of hydrogen-bond donors (Lipinski definition) is 1. The van der Waals surface area contributed by atoms with Crippen LogP contribution in [-0.2, 0) is 0 Å². The summed E-state index contributed by atoms with van der Waals surface area (Å²) in [6, 6.07) is 2.00. The van der Waals surface area contributed by atoms with Crippen molar-refractivity contribution in [2.45, 2.75) is 6.92 Å². The van der Waals surface area contributed by atoms with Crippen LogP contribution >= 0.6 is 43.2 Å². The molecule has 0 aliphatic carbocycles. The Morgan fingerprint density at radius 1 is 1.38 bits per heavy atom. The molecular weight excluding hydrogens is 316 g/mol. The molecule has 5 heteroatoms. The van der Waals surface area contributed by atoms with Crippen LogP contribution in [0.2, 0.25) is 0 Å². The number of benzene rings is 1. The molecule has 0 aliphatic rings. The van der Waals surface area contributed by atoms with Gasteiger partial charge in [0.05, 0.1) is 10.2 Å². The van der Waals surface area contributed by atoms with Gasteiger partial charge in [0, 0.05) is 8.95 Å². The Bertz CT molecular complexity index is 478. The fourth-order valence-electron chi connectivity index (χ4n) is 1.15. The Balaban J connectivity index is 2.95. The Kier molecular flexibility index (Phi) is 2.33. The van der Waals surface area contributed by atoms with E-state index < -0.39 is 0 Å². The summed E-state index contributed by atoms with van der Waals surface area (Å²) < 4.78 is 3.20. The molecule has 0 spiro atoms. The van der Waals surface area contributed by atoms with E-state index in [0.717, 1.165) is 19.2 Å². The van der Waals surface area contributed by atoms with Gasteiger partial charge < -0.3 is 5.73 Å². The minimum atomic E-state index is 0.608. The lowest BCUT2D eigenvalue weighted by atomic mass is 10.2. The average Bonchev–Trinajstić information content (AvgIpc) is 2.44. The predicted molar refractivity (Wildman–Crippen MR) is 64.2 cm³/mol. The standard InChI is InChI=1S/C8H6Br2N2S/c1-3-4(9)2-5(10)6-7(3)13-8(11)12-6/h2H,1H3,(H2,11,12). The highest BCUT2D eigenvalue weighted by molar-refractivity contribution is 9.11. The highest BCUT2D eigenvalue weighted by Crippen LogP contribution is 2.36.